The van der Waals surface area contributed by atoms with E-state index in [1.165, 1.54) is 18.2 Å². The lowest BCUT2D eigenvalue weighted by molar-refractivity contribution is 0.0144. The Kier molecular flexibility index (Phi) is 4.64. The standard InChI is InChI=1S/C14H18N2O5/c1-2-10-8-21-6-5-16(10)14(20)15-9-3-4-11(13(18)19)12(17)7-9/h3-4,7,10,17H,2,5-6,8H2,1H3,(H,15,20)(H,18,19). The van der Waals surface area contributed by atoms with Gasteiger partial charge in [-0.05, 0) is 18.6 Å². The number of hydrogen-bond acceptors (Lipinski definition) is 4. The van der Waals surface area contributed by atoms with Gasteiger partial charge in [0.25, 0.3) is 0 Å². The fraction of sp³-hybridized carbons (Fsp3) is 0.429. The molecule has 1 aliphatic heterocycles. The minimum Gasteiger partial charge on any atom is -0.507 e. The number of urea groups is 1. The smallest absolute Gasteiger partial charge is 0.339 e. The molecular weight excluding hydrogens is 276 g/mol. The van der Waals surface area contributed by atoms with Crippen LogP contribution in [0.15, 0.2) is 18.2 Å². The van der Waals surface area contributed by atoms with Gasteiger partial charge in [-0.2, -0.15) is 0 Å². The maximum absolute atomic E-state index is 12.2. The molecule has 1 fully saturated rings. The largest absolute Gasteiger partial charge is 0.507 e. The van der Waals surface area contributed by atoms with Gasteiger partial charge in [-0.15, -0.1) is 0 Å². The molecule has 7 heteroatoms. The molecule has 1 aromatic carbocycles. The first-order valence-electron chi connectivity index (χ1n) is 6.74. The molecule has 1 aromatic rings. The number of carboxylic acid groups (broad SMARTS) is 1. The topological polar surface area (TPSA) is 99.1 Å². The number of morpholine rings is 1. The maximum atomic E-state index is 12.2. The predicted molar refractivity (Wildman–Crippen MR) is 75.7 cm³/mol. The van der Waals surface area contributed by atoms with Crippen molar-refractivity contribution in [3.63, 3.8) is 0 Å². The van der Waals surface area contributed by atoms with Crippen LogP contribution in [-0.4, -0.2) is 52.9 Å². The summed E-state index contributed by atoms with van der Waals surface area (Å²) in [6.07, 6.45) is 0.788. The quantitative estimate of drug-likeness (QED) is 0.788. The monoisotopic (exact) mass is 294 g/mol. The number of nitrogens with zero attached hydrogens (tertiary/aromatic N) is 1. The van der Waals surface area contributed by atoms with E-state index in [9.17, 15) is 14.7 Å². The Bertz CT molecular complexity index is 546. The number of aromatic hydroxyl groups is 1. The molecule has 2 rings (SSSR count). The third kappa shape index (κ3) is 3.43. The van der Waals surface area contributed by atoms with Gasteiger partial charge in [0.15, 0.2) is 0 Å². The average molecular weight is 294 g/mol. The Labute approximate surface area is 122 Å². The van der Waals surface area contributed by atoms with E-state index in [1.807, 2.05) is 6.92 Å². The van der Waals surface area contributed by atoms with Gasteiger partial charge in [-0.25, -0.2) is 9.59 Å². The number of carboxylic acids is 1. The van der Waals surface area contributed by atoms with Crippen molar-refractivity contribution in [1.29, 1.82) is 0 Å². The number of carbonyl (C=O) groups excluding carboxylic acids is 1. The number of nitrogens with one attached hydrogen (secondary N) is 1. The number of amides is 2. The zero-order valence-electron chi connectivity index (χ0n) is 11.7. The lowest BCUT2D eigenvalue weighted by Crippen LogP contribution is -2.50. The summed E-state index contributed by atoms with van der Waals surface area (Å²) in [7, 11) is 0. The number of aromatic carboxylic acids is 1. The summed E-state index contributed by atoms with van der Waals surface area (Å²) in [6.45, 7) is 3.48. The molecule has 1 unspecified atom stereocenters. The summed E-state index contributed by atoms with van der Waals surface area (Å²) in [5, 5.41) is 21.1. The molecular formula is C14H18N2O5. The molecule has 0 aliphatic carbocycles. The van der Waals surface area contributed by atoms with E-state index >= 15 is 0 Å². The number of benzene rings is 1. The normalized spacial score (nSPS) is 18.3. The number of rotatable bonds is 3. The van der Waals surface area contributed by atoms with Gasteiger partial charge in [0, 0.05) is 18.3 Å². The van der Waals surface area contributed by atoms with Crippen molar-refractivity contribution in [2.45, 2.75) is 19.4 Å². The maximum Gasteiger partial charge on any atom is 0.339 e. The van der Waals surface area contributed by atoms with Gasteiger partial charge < -0.3 is 25.2 Å². The third-order valence-corrected chi connectivity index (χ3v) is 3.44. The highest BCUT2D eigenvalue weighted by atomic mass is 16.5. The second-order valence-corrected chi connectivity index (χ2v) is 4.80. The Morgan fingerprint density at radius 1 is 1.48 bits per heavy atom. The van der Waals surface area contributed by atoms with Crippen molar-refractivity contribution in [1.82, 2.24) is 4.90 Å². The molecule has 1 saturated heterocycles. The van der Waals surface area contributed by atoms with Crippen molar-refractivity contribution in [2.75, 3.05) is 25.1 Å². The first-order valence-corrected chi connectivity index (χ1v) is 6.74. The predicted octanol–water partition coefficient (Wildman–Crippen LogP) is 1.73. The lowest BCUT2D eigenvalue weighted by atomic mass is 10.1. The second-order valence-electron chi connectivity index (χ2n) is 4.80. The zero-order chi connectivity index (χ0) is 15.4. The van der Waals surface area contributed by atoms with Crippen LogP contribution in [0.1, 0.15) is 23.7 Å². The highest BCUT2D eigenvalue weighted by molar-refractivity contribution is 5.94. The summed E-state index contributed by atoms with van der Waals surface area (Å²) in [6, 6.07) is 3.66. The van der Waals surface area contributed by atoms with E-state index in [0.29, 0.717) is 25.4 Å². The summed E-state index contributed by atoms with van der Waals surface area (Å²) in [4.78, 5) is 24.7. The first kappa shape index (κ1) is 15.1. The zero-order valence-corrected chi connectivity index (χ0v) is 11.7. The van der Waals surface area contributed by atoms with Crippen LogP contribution in [-0.2, 0) is 4.74 Å². The highest BCUT2D eigenvalue weighted by Crippen LogP contribution is 2.22. The molecule has 1 atom stereocenters. The van der Waals surface area contributed by atoms with Gasteiger partial charge in [-0.3, -0.25) is 0 Å². The summed E-state index contributed by atoms with van der Waals surface area (Å²) < 4.78 is 5.34. The van der Waals surface area contributed by atoms with Crippen LogP contribution in [0.2, 0.25) is 0 Å². The van der Waals surface area contributed by atoms with Crippen LogP contribution in [0.5, 0.6) is 5.75 Å². The van der Waals surface area contributed by atoms with Crippen LogP contribution in [0.4, 0.5) is 10.5 Å². The molecule has 7 nitrogen and oxygen atoms in total. The van der Waals surface area contributed by atoms with Gasteiger partial charge in [0.2, 0.25) is 0 Å². The van der Waals surface area contributed by atoms with Crippen LogP contribution in [0.25, 0.3) is 0 Å². The van der Waals surface area contributed by atoms with Crippen molar-refractivity contribution in [3.8, 4) is 5.75 Å². The summed E-state index contributed by atoms with van der Waals surface area (Å²) >= 11 is 0. The molecule has 2 amide bonds. The Morgan fingerprint density at radius 2 is 2.24 bits per heavy atom. The molecule has 0 aromatic heterocycles. The minimum absolute atomic E-state index is 0.0191. The SMILES string of the molecule is CCC1COCCN1C(=O)Nc1ccc(C(=O)O)c(O)c1. The van der Waals surface area contributed by atoms with Crippen molar-refractivity contribution >= 4 is 17.7 Å². The number of phenols is 1. The van der Waals surface area contributed by atoms with E-state index in [4.69, 9.17) is 9.84 Å². The van der Waals surface area contributed by atoms with Gasteiger partial charge >= 0.3 is 12.0 Å². The lowest BCUT2D eigenvalue weighted by Gasteiger charge is -2.35. The highest BCUT2D eigenvalue weighted by Gasteiger charge is 2.26. The molecule has 21 heavy (non-hydrogen) atoms. The summed E-state index contributed by atoms with van der Waals surface area (Å²) in [5.41, 5.74) is 0.148. The average Bonchev–Trinajstić information content (AvgIpc) is 2.46. The molecule has 3 N–H and O–H groups in total. The van der Waals surface area contributed by atoms with Crippen LogP contribution < -0.4 is 5.32 Å². The van der Waals surface area contributed by atoms with E-state index in [-0.39, 0.29) is 23.4 Å². The fourth-order valence-electron chi connectivity index (χ4n) is 2.25. The van der Waals surface area contributed by atoms with Gasteiger partial charge in [0.05, 0.1) is 19.3 Å². The van der Waals surface area contributed by atoms with Gasteiger partial charge in [-0.1, -0.05) is 6.92 Å². The van der Waals surface area contributed by atoms with E-state index < -0.39 is 5.97 Å². The fourth-order valence-corrected chi connectivity index (χ4v) is 2.25. The Balaban J connectivity index is 2.08. The molecule has 0 radical (unpaired) electrons. The number of anilines is 1. The van der Waals surface area contributed by atoms with Crippen LogP contribution >= 0.6 is 0 Å². The number of carbonyl (C=O) groups is 2. The van der Waals surface area contributed by atoms with Crippen molar-refractivity contribution < 1.29 is 24.5 Å². The third-order valence-electron chi connectivity index (χ3n) is 3.44. The van der Waals surface area contributed by atoms with E-state index in [0.717, 1.165) is 6.42 Å². The van der Waals surface area contributed by atoms with E-state index in [1.54, 1.807) is 4.90 Å². The van der Waals surface area contributed by atoms with Crippen molar-refractivity contribution in [2.24, 2.45) is 0 Å². The second kappa shape index (κ2) is 6.45. The van der Waals surface area contributed by atoms with Crippen LogP contribution in [0.3, 0.4) is 0 Å². The first-order chi connectivity index (χ1) is 10.0. The Hall–Kier alpha value is -2.28. The molecule has 1 aliphatic rings. The molecule has 0 spiro atoms. The van der Waals surface area contributed by atoms with E-state index in [2.05, 4.69) is 5.32 Å². The Morgan fingerprint density at radius 3 is 2.86 bits per heavy atom. The van der Waals surface area contributed by atoms with Crippen LogP contribution in [0, 0.1) is 0 Å². The molecule has 1 heterocycles. The number of ether oxygens (including phenoxy) is 1. The summed E-state index contributed by atoms with van der Waals surface area (Å²) in [5.74, 6) is -1.60. The van der Waals surface area contributed by atoms with Gasteiger partial charge in [0.1, 0.15) is 11.3 Å². The molecule has 114 valence electrons. The minimum atomic E-state index is -1.22. The number of hydrogen-bond donors (Lipinski definition) is 3. The molecule has 0 bridgehead atoms. The van der Waals surface area contributed by atoms with Crippen molar-refractivity contribution in [3.05, 3.63) is 23.8 Å². The molecule has 0 saturated carbocycles.